The monoisotopic (exact) mass is 146 g/mol. The second kappa shape index (κ2) is 3.32. The summed E-state index contributed by atoms with van der Waals surface area (Å²) in [6, 6.07) is 0. The average molecular weight is 146 g/mol. The maximum atomic E-state index is 9.38. The molecule has 0 radical (unpaired) electrons. The van der Waals surface area contributed by atoms with Gasteiger partial charge in [-0.05, 0) is 5.92 Å². The molecule has 1 saturated heterocycles. The zero-order valence-electron chi connectivity index (χ0n) is 6.41. The van der Waals surface area contributed by atoms with Gasteiger partial charge >= 0.3 is 0 Å². The maximum absolute atomic E-state index is 9.38. The molecule has 0 saturated carbocycles. The van der Waals surface area contributed by atoms with Crippen molar-refractivity contribution in [2.24, 2.45) is 5.92 Å². The van der Waals surface area contributed by atoms with Crippen molar-refractivity contribution in [2.75, 3.05) is 13.2 Å². The average Bonchev–Trinajstić information content (AvgIpc) is 2.36. The summed E-state index contributed by atoms with van der Waals surface area (Å²) in [5.41, 5.74) is 0. The number of aliphatic hydroxyl groups excluding tert-OH is 1. The first kappa shape index (κ1) is 7.98. The first-order valence-electron chi connectivity index (χ1n) is 3.63. The lowest BCUT2D eigenvalue weighted by molar-refractivity contribution is -0.134. The predicted molar refractivity (Wildman–Crippen MR) is 36.5 cm³/mol. The van der Waals surface area contributed by atoms with Crippen LogP contribution in [0.5, 0.6) is 0 Å². The fraction of sp³-hybridized carbons (Fsp3) is 1.00. The van der Waals surface area contributed by atoms with E-state index in [2.05, 4.69) is 0 Å². The van der Waals surface area contributed by atoms with E-state index in [-0.39, 0.29) is 12.2 Å². The lowest BCUT2D eigenvalue weighted by Crippen LogP contribution is -2.31. The molecule has 0 bridgehead atoms. The minimum Gasteiger partial charge on any atom is -0.388 e. The van der Waals surface area contributed by atoms with E-state index in [0.29, 0.717) is 13.2 Å². The van der Waals surface area contributed by atoms with Gasteiger partial charge in [0.1, 0.15) is 6.10 Å². The second-order valence-corrected chi connectivity index (χ2v) is 2.84. The Morgan fingerprint density at radius 2 is 1.80 bits per heavy atom. The van der Waals surface area contributed by atoms with Crippen molar-refractivity contribution in [3.05, 3.63) is 0 Å². The van der Waals surface area contributed by atoms with Crippen LogP contribution in [0.25, 0.3) is 0 Å². The molecular weight excluding hydrogens is 132 g/mol. The molecule has 0 spiro atoms. The summed E-state index contributed by atoms with van der Waals surface area (Å²) in [5.74, 6) is 0.197. The van der Waals surface area contributed by atoms with E-state index in [9.17, 15) is 5.11 Å². The Kier molecular flexibility index (Phi) is 2.65. The Labute approximate surface area is 60.9 Å². The predicted octanol–water partition coefficient (Wildman–Crippen LogP) is 0.376. The molecule has 0 aromatic heterocycles. The van der Waals surface area contributed by atoms with Gasteiger partial charge in [0.15, 0.2) is 6.29 Å². The van der Waals surface area contributed by atoms with Crippen molar-refractivity contribution in [1.29, 1.82) is 0 Å². The molecule has 1 aliphatic heterocycles. The molecule has 1 heterocycles. The van der Waals surface area contributed by atoms with Crippen molar-refractivity contribution in [2.45, 2.75) is 26.2 Å². The van der Waals surface area contributed by atoms with Crippen LogP contribution in [0, 0.1) is 5.92 Å². The van der Waals surface area contributed by atoms with Crippen LogP contribution in [0.15, 0.2) is 0 Å². The fourth-order valence-electron chi connectivity index (χ4n) is 0.888. The molecule has 3 nitrogen and oxygen atoms in total. The zero-order valence-corrected chi connectivity index (χ0v) is 6.41. The van der Waals surface area contributed by atoms with Crippen LogP contribution in [0.3, 0.4) is 0 Å². The Morgan fingerprint density at radius 3 is 2.20 bits per heavy atom. The van der Waals surface area contributed by atoms with Crippen molar-refractivity contribution >= 4 is 0 Å². The molecule has 0 aromatic carbocycles. The molecular formula is C7H14O3. The van der Waals surface area contributed by atoms with Crippen LogP contribution in [-0.4, -0.2) is 30.7 Å². The summed E-state index contributed by atoms with van der Waals surface area (Å²) in [6.45, 7) is 5.09. The highest BCUT2D eigenvalue weighted by Crippen LogP contribution is 2.14. The van der Waals surface area contributed by atoms with Gasteiger partial charge in [0.2, 0.25) is 0 Å². The van der Waals surface area contributed by atoms with Crippen LogP contribution in [0.2, 0.25) is 0 Å². The Morgan fingerprint density at radius 1 is 1.30 bits per heavy atom. The lowest BCUT2D eigenvalue weighted by Gasteiger charge is -2.19. The zero-order chi connectivity index (χ0) is 7.56. The molecule has 0 amide bonds. The van der Waals surface area contributed by atoms with Gasteiger partial charge in [0, 0.05) is 0 Å². The fourth-order valence-corrected chi connectivity index (χ4v) is 0.888. The highest BCUT2D eigenvalue weighted by molar-refractivity contribution is 4.66. The van der Waals surface area contributed by atoms with E-state index < -0.39 is 6.10 Å². The smallest absolute Gasteiger partial charge is 0.183 e. The standard InChI is InChI=1S/C7H14O3/c1-5(2)6(8)7-9-3-4-10-7/h5-8H,3-4H2,1-2H3. The van der Waals surface area contributed by atoms with E-state index in [0.717, 1.165) is 0 Å². The number of hydrogen-bond acceptors (Lipinski definition) is 3. The first-order valence-corrected chi connectivity index (χ1v) is 3.63. The SMILES string of the molecule is CC(C)C(O)C1OCCO1. The van der Waals surface area contributed by atoms with Gasteiger partial charge in [0.25, 0.3) is 0 Å². The molecule has 1 N–H and O–H groups in total. The minimum atomic E-state index is -0.484. The van der Waals surface area contributed by atoms with Gasteiger partial charge in [-0.2, -0.15) is 0 Å². The summed E-state index contributed by atoms with van der Waals surface area (Å²) < 4.78 is 10.2. The van der Waals surface area contributed by atoms with Gasteiger partial charge < -0.3 is 14.6 Å². The maximum Gasteiger partial charge on any atom is 0.183 e. The third kappa shape index (κ3) is 1.68. The van der Waals surface area contributed by atoms with Crippen LogP contribution in [-0.2, 0) is 9.47 Å². The van der Waals surface area contributed by atoms with Gasteiger partial charge in [0.05, 0.1) is 13.2 Å². The molecule has 1 fully saturated rings. The molecule has 3 heteroatoms. The van der Waals surface area contributed by atoms with Crippen LogP contribution in [0.1, 0.15) is 13.8 Å². The lowest BCUT2D eigenvalue weighted by atomic mass is 10.1. The van der Waals surface area contributed by atoms with Gasteiger partial charge in [-0.1, -0.05) is 13.8 Å². The van der Waals surface area contributed by atoms with Crippen molar-refractivity contribution in [3.63, 3.8) is 0 Å². The second-order valence-electron chi connectivity index (χ2n) is 2.84. The number of aliphatic hydroxyl groups is 1. The Bertz CT molecular complexity index is 97.0. The molecule has 1 rings (SSSR count). The molecule has 1 atom stereocenters. The van der Waals surface area contributed by atoms with Crippen LogP contribution in [0.4, 0.5) is 0 Å². The summed E-state index contributed by atoms with van der Waals surface area (Å²) >= 11 is 0. The van der Waals surface area contributed by atoms with Gasteiger partial charge in [-0.25, -0.2) is 0 Å². The molecule has 60 valence electrons. The number of ether oxygens (including phenoxy) is 2. The van der Waals surface area contributed by atoms with E-state index in [1.807, 2.05) is 13.8 Å². The molecule has 0 aliphatic carbocycles. The van der Waals surface area contributed by atoms with E-state index in [1.165, 1.54) is 0 Å². The summed E-state index contributed by atoms with van der Waals surface area (Å²) in [5, 5.41) is 9.38. The molecule has 1 aliphatic rings. The van der Waals surface area contributed by atoms with E-state index in [4.69, 9.17) is 9.47 Å². The topological polar surface area (TPSA) is 38.7 Å². The van der Waals surface area contributed by atoms with Crippen molar-refractivity contribution < 1.29 is 14.6 Å². The summed E-state index contributed by atoms with van der Waals surface area (Å²) in [7, 11) is 0. The largest absolute Gasteiger partial charge is 0.388 e. The number of hydrogen-bond donors (Lipinski definition) is 1. The van der Waals surface area contributed by atoms with Crippen molar-refractivity contribution in [3.8, 4) is 0 Å². The van der Waals surface area contributed by atoms with Crippen LogP contribution >= 0.6 is 0 Å². The van der Waals surface area contributed by atoms with Crippen molar-refractivity contribution in [1.82, 2.24) is 0 Å². The third-order valence-electron chi connectivity index (χ3n) is 1.61. The van der Waals surface area contributed by atoms with E-state index >= 15 is 0 Å². The normalized spacial score (nSPS) is 24.0. The Balaban J connectivity index is 2.32. The summed E-state index contributed by atoms with van der Waals surface area (Å²) in [6.07, 6.45) is -0.873. The third-order valence-corrected chi connectivity index (χ3v) is 1.61. The summed E-state index contributed by atoms with van der Waals surface area (Å²) in [4.78, 5) is 0. The highest BCUT2D eigenvalue weighted by atomic mass is 16.7. The quantitative estimate of drug-likeness (QED) is 0.612. The van der Waals surface area contributed by atoms with Gasteiger partial charge in [-0.15, -0.1) is 0 Å². The molecule has 0 aromatic rings. The highest BCUT2D eigenvalue weighted by Gasteiger charge is 2.26. The molecule has 10 heavy (non-hydrogen) atoms. The first-order chi connectivity index (χ1) is 4.72. The minimum absolute atomic E-state index is 0.197. The molecule has 1 unspecified atom stereocenters. The Hall–Kier alpha value is -0.120. The van der Waals surface area contributed by atoms with E-state index in [1.54, 1.807) is 0 Å². The van der Waals surface area contributed by atoms with Crippen LogP contribution < -0.4 is 0 Å². The van der Waals surface area contributed by atoms with Gasteiger partial charge in [-0.3, -0.25) is 0 Å². The number of rotatable bonds is 2.